The van der Waals surface area contributed by atoms with E-state index in [1.807, 2.05) is 6.20 Å². The van der Waals surface area contributed by atoms with Crippen LogP contribution in [0.3, 0.4) is 0 Å². The van der Waals surface area contributed by atoms with Gasteiger partial charge in [0.05, 0.1) is 0 Å². The monoisotopic (exact) mass is 288 g/mol. The minimum Gasteiger partial charge on any atom is -0.351 e. The third kappa shape index (κ3) is 3.38. The molecule has 0 bridgehead atoms. The number of anilines is 1. The molecule has 2 saturated heterocycles. The Kier molecular flexibility index (Phi) is 4.76. The van der Waals surface area contributed by atoms with Crippen LogP contribution in [-0.2, 0) is 6.54 Å². The number of hydrogen-bond donors (Lipinski definition) is 1. The lowest BCUT2D eigenvalue weighted by atomic mass is 9.97. The summed E-state index contributed by atoms with van der Waals surface area (Å²) in [7, 11) is 0. The van der Waals surface area contributed by atoms with Gasteiger partial charge in [-0.05, 0) is 44.5 Å². The predicted molar refractivity (Wildman–Crippen MR) is 87.6 cm³/mol. The highest BCUT2D eigenvalue weighted by molar-refractivity contribution is 5.41. The van der Waals surface area contributed by atoms with Gasteiger partial charge in [0, 0.05) is 37.9 Å². The van der Waals surface area contributed by atoms with Crippen LogP contribution in [0.4, 0.5) is 5.82 Å². The van der Waals surface area contributed by atoms with Crippen molar-refractivity contribution in [2.45, 2.75) is 51.7 Å². The smallest absolute Gasteiger partial charge is 0.128 e. The molecule has 2 aliphatic rings. The first kappa shape index (κ1) is 14.8. The van der Waals surface area contributed by atoms with Crippen LogP contribution < -0.4 is 10.2 Å². The van der Waals surface area contributed by atoms with Gasteiger partial charge in [0.25, 0.3) is 0 Å². The molecule has 2 unspecified atom stereocenters. The van der Waals surface area contributed by atoms with Crippen LogP contribution in [0, 0.1) is 0 Å². The number of nitrogens with zero attached hydrogens (tertiary/aromatic N) is 3. The van der Waals surface area contributed by atoms with Gasteiger partial charge in [-0.2, -0.15) is 0 Å². The molecular weight excluding hydrogens is 260 g/mol. The summed E-state index contributed by atoms with van der Waals surface area (Å²) < 4.78 is 0. The number of pyridine rings is 1. The minimum atomic E-state index is 0.562. The zero-order valence-corrected chi connectivity index (χ0v) is 13.4. The standard InChI is InChI=1S/C17H28N4/c1-3-18-10-15-7-8-17(19-11-15)21-13-16-6-4-5-9-20(16)12-14(21)2/h7-8,11,14,16,18H,3-6,9-10,12-13H2,1-2H3. The van der Waals surface area contributed by atoms with Crippen molar-refractivity contribution in [1.29, 1.82) is 0 Å². The van der Waals surface area contributed by atoms with Crippen molar-refractivity contribution in [2.75, 3.05) is 31.1 Å². The quantitative estimate of drug-likeness (QED) is 0.921. The Morgan fingerprint density at radius 3 is 2.95 bits per heavy atom. The number of piperazine rings is 1. The summed E-state index contributed by atoms with van der Waals surface area (Å²) >= 11 is 0. The molecule has 2 atom stereocenters. The van der Waals surface area contributed by atoms with Gasteiger partial charge in [-0.1, -0.05) is 19.4 Å². The van der Waals surface area contributed by atoms with E-state index in [4.69, 9.17) is 4.98 Å². The van der Waals surface area contributed by atoms with E-state index in [0.717, 1.165) is 31.5 Å². The fourth-order valence-corrected chi connectivity index (χ4v) is 3.63. The van der Waals surface area contributed by atoms with Crippen molar-refractivity contribution in [3.8, 4) is 0 Å². The summed E-state index contributed by atoms with van der Waals surface area (Å²) in [6, 6.07) is 5.71. The molecule has 3 rings (SSSR count). The Morgan fingerprint density at radius 2 is 2.19 bits per heavy atom. The van der Waals surface area contributed by atoms with Gasteiger partial charge in [-0.15, -0.1) is 0 Å². The average Bonchev–Trinajstić information content (AvgIpc) is 2.53. The average molecular weight is 288 g/mol. The van der Waals surface area contributed by atoms with Crippen molar-refractivity contribution in [3.05, 3.63) is 23.9 Å². The lowest BCUT2D eigenvalue weighted by molar-refractivity contribution is 0.115. The molecule has 3 heterocycles. The molecular formula is C17H28N4. The van der Waals surface area contributed by atoms with E-state index >= 15 is 0 Å². The van der Waals surface area contributed by atoms with E-state index in [1.54, 1.807) is 0 Å². The van der Waals surface area contributed by atoms with Crippen LogP contribution in [0.5, 0.6) is 0 Å². The molecule has 0 spiro atoms. The molecule has 0 aliphatic carbocycles. The fraction of sp³-hybridized carbons (Fsp3) is 0.706. The van der Waals surface area contributed by atoms with E-state index in [0.29, 0.717) is 6.04 Å². The summed E-state index contributed by atoms with van der Waals surface area (Å²) in [6.45, 7) is 9.99. The Hall–Kier alpha value is -1.13. The molecule has 4 heteroatoms. The highest BCUT2D eigenvalue weighted by Crippen LogP contribution is 2.27. The van der Waals surface area contributed by atoms with Crippen LogP contribution in [0.2, 0.25) is 0 Å². The number of hydrogen-bond acceptors (Lipinski definition) is 4. The maximum Gasteiger partial charge on any atom is 0.128 e. The number of aromatic nitrogens is 1. The van der Waals surface area contributed by atoms with Gasteiger partial charge in [0.1, 0.15) is 5.82 Å². The predicted octanol–water partition coefficient (Wildman–Crippen LogP) is 2.25. The van der Waals surface area contributed by atoms with Gasteiger partial charge >= 0.3 is 0 Å². The Balaban J connectivity index is 1.67. The Morgan fingerprint density at radius 1 is 1.29 bits per heavy atom. The van der Waals surface area contributed by atoms with Crippen LogP contribution >= 0.6 is 0 Å². The number of nitrogens with one attached hydrogen (secondary N) is 1. The van der Waals surface area contributed by atoms with E-state index in [1.165, 1.54) is 37.9 Å². The summed E-state index contributed by atoms with van der Waals surface area (Å²) in [5.74, 6) is 1.15. The van der Waals surface area contributed by atoms with Gasteiger partial charge in [-0.3, -0.25) is 4.90 Å². The second kappa shape index (κ2) is 6.75. The molecule has 0 aromatic carbocycles. The van der Waals surface area contributed by atoms with Crippen molar-refractivity contribution in [1.82, 2.24) is 15.2 Å². The number of fused-ring (bicyclic) bond motifs is 1. The maximum atomic E-state index is 4.71. The SMILES string of the molecule is CCNCc1ccc(N2CC3CCCCN3CC2C)nc1. The Labute approximate surface area is 128 Å². The first-order chi connectivity index (χ1) is 10.3. The topological polar surface area (TPSA) is 31.4 Å². The van der Waals surface area contributed by atoms with Crippen molar-refractivity contribution < 1.29 is 0 Å². The van der Waals surface area contributed by atoms with Crippen LogP contribution in [0.25, 0.3) is 0 Å². The molecule has 2 fully saturated rings. The third-order valence-electron chi connectivity index (χ3n) is 4.87. The van der Waals surface area contributed by atoms with Gasteiger partial charge in [0.2, 0.25) is 0 Å². The van der Waals surface area contributed by atoms with Crippen LogP contribution in [-0.4, -0.2) is 48.1 Å². The fourth-order valence-electron chi connectivity index (χ4n) is 3.63. The van der Waals surface area contributed by atoms with Crippen molar-refractivity contribution in [3.63, 3.8) is 0 Å². The van der Waals surface area contributed by atoms with E-state index in [2.05, 4.69) is 41.1 Å². The lowest BCUT2D eigenvalue weighted by Crippen LogP contribution is -2.59. The molecule has 0 saturated carbocycles. The molecule has 4 nitrogen and oxygen atoms in total. The number of piperidine rings is 1. The highest BCUT2D eigenvalue weighted by atomic mass is 15.3. The molecule has 0 amide bonds. The van der Waals surface area contributed by atoms with Crippen LogP contribution in [0.1, 0.15) is 38.7 Å². The molecule has 0 radical (unpaired) electrons. The van der Waals surface area contributed by atoms with Crippen molar-refractivity contribution in [2.24, 2.45) is 0 Å². The summed E-state index contributed by atoms with van der Waals surface area (Å²) in [6.07, 6.45) is 6.14. The summed E-state index contributed by atoms with van der Waals surface area (Å²) in [5, 5.41) is 3.35. The van der Waals surface area contributed by atoms with E-state index in [-0.39, 0.29) is 0 Å². The first-order valence-electron chi connectivity index (χ1n) is 8.44. The highest BCUT2D eigenvalue weighted by Gasteiger charge is 2.33. The first-order valence-corrected chi connectivity index (χ1v) is 8.44. The second-order valence-electron chi connectivity index (χ2n) is 6.45. The number of rotatable bonds is 4. The molecule has 2 aliphatic heterocycles. The van der Waals surface area contributed by atoms with Crippen molar-refractivity contribution >= 4 is 5.82 Å². The molecule has 1 N–H and O–H groups in total. The van der Waals surface area contributed by atoms with E-state index in [9.17, 15) is 0 Å². The third-order valence-corrected chi connectivity index (χ3v) is 4.87. The summed E-state index contributed by atoms with van der Waals surface area (Å²) in [4.78, 5) is 9.90. The van der Waals surface area contributed by atoms with Gasteiger partial charge in [0.15, 0.2) is 0 Å². The molecule has 1 aromatic rings. The maximum absolute atomic E-state index is 4.71. The second-order valence-corrected chi connectivity index (χ2v) is 6.45. The molecule has 21 heavy (non-hydrogen) atoms. The normalized spacial score (nSPS) is 26.7. The Bertz CT molecular complexity index is 445. The largest absolute Gasteiger partial charge is 0.351 e. The lowest BCUT2D eigenvalue weighted by Gasteiger charge is -2.48. The summed E-state index contributed by atoms with van der Waals surface area (Å²) in [5.41, 5.74) is 1.27. The minimum absolute atomic E-state index is 0.562. The van der Waals surface area contributed by atoms with Gasteiger partial charge in [-0.25, -0.2) is 4.98 Å². The molecule has 1 aromatic heterocycles. The van der Waals surface area contributed by atoms with Gasteiger partial charge < -0.3 is 10.2 Å². The zero-order valence-electron chi connectivity index (χ0n) is 13.4. The zero-order chi connectivity index (χ0) is 14.7. The van der Waals surface area contributed by atoms with E-state index < -0.39 is 0 Å². The molecule has 116 valence electrons. The van der Waals surface area contributed by atoms with Crippen LogP contribution in [0.15, 0.2) is 18.3 Å².